The number of hydrogen-bond acceptors (Lipinski definition) is 16. The predicted octanol–water partition coefficient (Wildman–Crippen LogP) is 12.0. The van der Waals surface area contributed by atoms with Gasteiger partial charge in [-0.15, -0.1) is 13.2 Å². The van der Waals surface area contributed by atoms with E-state index in [4.69, 9.17) is 97.8 Å². The summed E-state index contributed by atoms with van der Waals surface area (Å²) in [5.74, 6) is -6.70. The van der Waals surface area contributed by atoms with Crippen LogP contribution in [0.15, 0.2) is 25.3 Å². The number of amides is 5. The van der Waals surface area contributed by atoms with Crippen LogP contribution in [0.5, 0.6) is 0 Å². The highest BCUT2D eigenvalue weighted by Crippen LogP contribution is 2.40. The highest BCUT2D eigenvalue weighted by Gasteiger charge is 2.44. The molecule has 2 rings (SSSR count). The molecule has 0 unspecified atom stereocenters. The maximum Gasteiger partial charge on any atom is 0.325 e. The summed E-state index contributed by atoms with van der Waals surface area (Å²) in [7, 11) is -4.10. The molecule has 0 aromatic carbocycles. The fraction of sp³-hybridized carbons (Fsp3) is 0.797. The molecule has 94 heavy (non-hydrogen) atoms. The molecule has 5 amide bonds. The topological polar surface area (TPSA) is 287 Å². The van der Waals surface area contributed by atoms with Crippen LogP contribution in [-0.4, -0.2) is 167 Å². The lowest BCUT2D eigenvalue weighted by atomic mass is 9.91. The molecule has 2 aliphatic heterocycles. The van der Waals surface area contributed by atoms with Crippen LogP contribution in [0.25, 0.3) is 0 Å². The molecule has 0 saturated carbocycles. The monoisotopic (exact) mass is 1490 g/mol. The van der Waals surface area contributed by atoms with Crippen LogP contribution in [0, 0.1) is 29.6 Å². The maximum absolute atomic E-state index is 13.4. The first-order chi connectivity index (χ1) is 42.6. The van der Waals surface area contributed by atoms with Gasteiger partial charge in [0, 0.05) is 13.1 Å². The molecule has 0 aromatic heterocycles. The lowest BCUT2D eigenvalue weighted by molar-refractivity contribution is -0.158. The van der Waals surface area contributed by atoms with E-state index in [2.05, 4.69) is 108 Å². The standard InChI is InChI=1S/C29H51Cl3N4O6Si.C21H34Cl3N3O6.C14H28O3Si/c1-11-12-15-22(42-43(9,10)28(6,7)8)19(4)24(37)34-23(18(2)3)25(38)33-20(5)26(39)36-16-13-14-21(35-36)27(40)41-17-29(30,31)32;1-12(2)14(10-16(28)33-20(4,5)6)17(29)25-13(3)18(30)27-9-7-8-15(26-27)19(31)32-11-21(22,23)24;1-8-9-10-12(11(2)13(15)16)17-18(6,7)14(3,4)5/h11,18-23,35H,1,12-17H2,2-10H3,(H,33,38)(H,34,37);12-15,26H,7-11H2,1-6H3,(H,25,29);8,11-12H,1,9-10H2,2-7H3,(H,15,16)/t19-,20+,21+,22-,23+;13-,14-,15-;11-,12-/m101/s1. The fourth-order valence-corrected chi connectivity index (χ4v) is 12.0. The summed E-state index contributed by atoms with van der Waals surface area (Å²) >= 11 is 33.7. The van der Waals surface area contributed by atoms with E-state index in [0.29, 0.717) is 51.6 Å². The van der Waals surface area contributed by atoms with E-state index in [9.17, 15) is 43.2 Å². The molecule has 0 bridgehead atoms. The van der Waals surface area contributed by atoms with Crippen molar-refractivity contribution in [3.63, 3.8) is 0 Å². The normalized spacial score (nSPS) is 18.5. The van der Waals surface area contributed by atoms with Gasteiger partial charge in [-0.2, -0.15) is 0 Å². The van der Waals surface area contributed by atoms with Gasteiger partial charge in [-0.3, -0.25) is 53.2 Å². The minimum Gasteiger partial charge on any atom is -0.481 e. The number of aliphatic carboxylic acids is 1. The van der Waals surface area contributed by atoms with E-state index < -0.39 is 139 Å². The number of hydrogen-bond donors (Lipinski definition) is 6. The van der Waals surface area contributed by atoms with Crippen LogP contribution in [-0.2, 0) is 66.2 Å². The van der Waals surface area contributed by atoms with Gasteiger partial charge in [0.2, 0.25) is 25.3 Å². The summed E-state index contributed by atoms with van der Waals surface area (Å²) in [5, 5.41) is 20.1. The molecule has 6 N–H and O–H groups in total. The quantitative estimate of drug-likeness (QED) is 0.0133. The summed E-state index contributed by atoms with van der Waals surface area (Å²) in [6.45, 7) is 48.0. The minimum absolute atomic E-state index is 0.0351. The Bertz CT molecular complexity index is 2500. The van der Waals surface area contributed by atoms with Gasteiger partial charge in [0.25, 0.3) is 11.8 Å². The van der Waals surface area contributed by atoms with Crippen molar-refractivity contribution in [2.45, 2.75) is 267 Å². The van der Waals surface area contributed by atoms with Gasteiger partial charge in [-0.25, -0.2) is 10.9 Å². The van der Waals surface area contributed by atoms with Crippen molar-refractivity contribution in [2.75, 3.05) is 26.3 Å². The Morgan fingerprint density at radius 2 is 0.947 bits per heavy atom. The first-order valence-electron chi connectivity index (χ1n) is 32.2. The number of esters is 3. The largest absolute Gasteiger partial charge is 0.481 e. The second-order valence-electron chi connectivity index (χ2n) is 28.9. The number of halogens is 6. The van der Waals surface area contributed by atoms with E-state index in [1.54, 1.807) is 34.6 Å². The molecular weight excluding hydrogens is 1380 g/mol. The van der Waals surface area contributed by atoms with Gasteiger partial charge < -0.3 is 44.1 Å². The number of nitrogens with zero attached hydrogens (tertiary/aromatic N) is 2. The third-order valence-corrected chi connectivity index (χ3v) is 26.3. The van der Waals surface area contributed by atoms with E-state index in [0.717, 1.165) is 12.8 Å². The molecule has 2 heterocycles. The molecule has 0 aliphatic carbocycles. The number of carbonyl (C=O) groups excluding carboxylic acids is 8. The van der Waals surface area contributed by atoms with Crippen molar-refractivity contribution >= 4 is 140 Å². The predicted molar refractivity (Wildman–Crippen MR) is 378 cm³/mol. The Hall–Kier alpha value is -3.28. The minimum atomic E-state index is -2.17. The van der Waals surface area contributed by atoms with Gasteiger partial charge in [0.05, 0.1) is 36.4 Å². The van der Waals surface area contributed by atoms with Gasteiger partial charge in [0.15, 0.2) is 16.6 Å². The molecule has 2 aliphatic rings. The second kappa shape index (κ2) is 40.1. The number of carboxylic acids is 1. The Balaban J connectivity index is 0.00000150. The van der Waals surface area contributed by atoms with Crippen LogP contribution in [0.4, 0.5) is 0 Å². The molecule has 0 radical (unpaired) electrons. The van der Waals surface area contributed by atoms with Crippen LogP contribution < -0.4 is 26.8 Å². The summed E-state index contributed by atoms with van der Waals surface area (Å²) in [5.41, 5.74) is 4.99. The summed E-state index contributed by atoms with van der Waals surface area (Å²) < 4.78 is 24.7. The second-order valence-corrected chi connectivity index (χ2v) is 43.4. The van der Waals surface area contributed by atoms with Crippen LogP contribution in [0.1, 0.15) is 175 Å². The van der Waals surface area contributed by atoms with Crippen molar-refractivity contribution in [1.29, 1.82) is 0 Å². The zero-order valence-electron chi connectivity index (χ0n) is 59.5. The molecule has 22 nitrogen and oxygen atoms in total. The Morgan fingerprint density at radius 3 is 1.27 bits per heavy atom. The Labute approximate surface area is 592 Å². The number of carbonyl (C=O) groups is 9. The summed E-state index contributed by atoms with van der Waals surface area (Å²) in [6, 6.07) is -4.29. The first kappa shape index (κ1) is 90.7. The van der Waals surface area contributed by atoms with Gasteiger partial charge in [-0.05, 0) is 141 Å². The lowest BCUT2D eigenvalue weighted by Crippen LogP contribution is -2.61. The molecule has 544 valence electrons. The number of nitrogens with one attached hydrogen (secondary N) is 5. The van der Waals surface area contributed by atoms with Crippen molar-refractivity contribution in [3.8, 4) is 0 Å². The van der Waals surface area contributed by atoms with E-state index in [-0.39, 0.29) is 46.4 Å². The Morgan fingerprint density at radius 1 is 0.574 bits per heavy atom. The van der Waals surface area contributed by atoms with Gasteiger partial charge in [0.1, 0.15) is 49.0 Å². The smallest absolute Gasteiger partial charge is 0.325 e. The molecule has 10 atom stereocenters. The molecule has 0 aromatic rings. The number of rotatable bonds is 29. The fourth-order valence-electron chi connectivity index (χ4n) is 8.79. The van der Waals surface area contributed by atoms with Crippen LogP contribution in [0.2, 0.25) is 36.3 Å². The summed E-state index contributed by atoms with van der Waals surface area (Å²) in [4.78, 5) is 114. The molecular formula is C64H113Cl6N7O15Si2. The van der Waals surface area contributed by atoms with Crippen LogP contribution >= 0.6 is 69.6 Å². The average molecular weight is 1490 g/mol. The average Bonchev–Trinajstić information content (AvgIpc) is 0.837. The van der Waals surface area contributed by atoms with E-state index in [1.165, 1.54) is 16.9 Å². The molecule has 2 saturated heterocycles. The summed E-state index contributed by atoms with van der Waals surface area (Å²) in [6.07, 6.45) is 7.75. The van der Waals surface area contributed by atoms with E-state index >= 15 is 0 Å². The zero-order valence-corrected chi connectivity index (χ0v) is 66.0. The van der Waals surface area contributed by atoms with E-state index in [1.807, 2.05) is 46.8 Å². The highest BCUT2D eigenvalue weighted by atomic mass is 35.6. The number of alkyl halides is 6. The van der Waals surface area contributed by atoms with Gasteiger partial charge in [-0.1, -0.05) is 158 Å². The maximum atomic E-state index is 13.4. The number of hydrazine groups is 2. The molecule has 2 fully saturated rings. The highest BCUT2D eigenvalue weighted by molar-refractivity contribution is 6.74. The number of ether oxygens (including phenoxy) is 3. The Kier molecular flexibility index (Phi) is 38.7. The molecule has 30 heteroatoms. The first-order valence-corrected chi connectivity index (χ1v) is 40.3. The van der Waals surface area contributed by atoms with Gasteiger partial charge >= 0.3 is 23.9 Å². The third kappa shape index (κ3) is 34.0. The van der Waals surface area contributed by atoms with Crippen molar-refractivity contribution in [1.82, 2.24) is 36.8 Å². The lowest BCUT2D eigenvalue weighted by Gasteiger charge is -2.41. The number of carboxylic acid groups (broad SMARTS) is 1. The number of allylic oxidation sites excluding steroid dienone is 2. The third-order valence-electron chi connectivity index (χ3n) is 16.6. The van der Waals surface area contributed by atoms with Crippen LogP contribution in [0.3, 0.4) is 0 Å². The van der Waals surface area contributed by atoms with Crippen molar-refractivity contribution in [3.05, 3.63) is 25.3 Å². The van der Waals surface area contributed by atoms with Crippen molar-refractivity contribution < 1.29 is 71.3 Å². The zero-order chi connectivity index (χ0) is 73.5. The molecule has 0 spiro atoms. The van der Waals surface area contributed by atoms with Crippen molar-refractivity contribution in [2.24, 2.45) is 29.6 Å². The SMILES string of the molecule is C=CCC[C@@H](O[Si](C)(C)C(C)(C)C)[C@@H](C)C(=O)N[C@H](C(=O)N[C@@H](C)C(=O)N1CCC[C@@H](C(=O)OCC(Cl)(Cl)Cl)N1)C(C)C.C=CCC[C@@H](O[Si](C)(C)C(C)(C)C)[C@@H](C)C(=O)O.CC(C)[C@H](CC(=O)OC(C)(C)C)C(=O)N[C@@H](C)C(=O)N1CCC[C@@H](C(=O)OCC(Cl)(Cl)Cl)N1.